The van der Waals surface area contributed by atoms with Gasteiger partial charge in [0.25, 0.3) is 0 Å². The van der Waals surface area contributed by atoms with Crippen LogP contribution in [-0.2, 0) is 14.3 Å². The van der Waals surface area contributed by atoms with E-state index in [0.717, 1.165) is 0 Å². The lowest BCUT2D eigenvalue weighted by Gasteiger charge is -2.34. The number of ether oxygens (including phenoxy) is 1. The zero-order valence-electron chi connectivity index (χ0n) is 15.7. The van der Waals surface area contributed by atoms with Crippen molar-refractivity contribution >= 4 is 17.9 Å². The Bertz CT molecular complexity index is 657. The van der Waals surface area contributed by atoms with Crippen LogP contribution in [0.3, 0.4) is 0 Å². The van der Waals surface area contributed by atoms with Crippen LogP contribution < -0.4 is 5.32 Å². The van der Waals surface area contributed by atoms with Crippen LogP contribution in [-0.4, -0.2) is 67.0 Å². The van der Waals surface area contributed by atoms with Crippen LogP contribution in [0.25, 0.3) is 0 Å². The largest absolute Gasteiger partial charge is 0.450 e. The summed E-state index contributed by atoms with van der Waals surface area (Å²) in [7, 11) is 0. The van der Waals surface area contributed by atoms with Gasteiger partial charge in [0.1, 0.15) is 5.82 Å². The van der Waals surface area contributed by atoms with Gasteiger partial charge in [-0.05, 0) is 31.0 Å². The van der Waals surface area contributed by atoms with Gasteiger partial charge in [0.2, 0.25) is 11.8 Å². The Morgan fingerprint density at radius 3 is 2.22 bits per heavy atom. The molecule has 1 aliphatic heterocycles. The van der Waals surface area contributed by atoms with E-state index in [4.69, 9.17) is 4.74 Å². The minimum Gasteiger partial charge on any atom is -0.450 e. The zero-order valence-corrected chi connectivity index (χ0v) is 15.7. The predicted molar refractivity (Wildman–Crippen MR) is 97.6 cm³/mol. The van der Waals surface area contributed by atoms with Crippen molar-refractivity contribution in [2.75, 3.05) is 39.3 Å². The molecule has 3 amide bonds. The fourth-order valence-electron chi connectivity index (χ4n) is 3.02. The number of carbonyl (C=O) groups is 3. The Morgan fingerprint density at radius 2 is 1.67 bits per heavy atom. The zero-order chi connectivity index (χ0) is 19.8. The molecule has 1 saturated heterocycles. The van der Waals surface area contributed by atoms with E-state index < -0.39 is 5.92 Å². The van der Waals surface area contributed by atoms with Gasteiger partial charge in [0.05, 0.1) is 19.1 Å². The maximum absolute atomic E-state index is 13.1. The van der Waals surface area contributed by atoms with Crippen LogP contribution in [0.1, 0.15) is 31.7 Å². The SMILES string of the molecule is CCOC(=O)N1CCN(C(=O)CNC(=O)C(CC)c2ccc(F)cc2)CC1. The van der Waals surface area contributed by atoms with Gasteiger partial charge in [-0.3, -0.25) is 9.59 Å². The molecular formula is C19H26FN3O4. The van der Waals surface area contributed by atoms with Crippen molar-refractivity contribution in [3.8, 4) is 0 Å². The minimum atomic E-state index is -0.431. The number of carbonyl (C=O) groups excluding carboxylic acids is 3. The van der Waals surface area contributed by atoms with Gasteiger partial charge in [-0.25, -0.2) is 9.18 Å². The van der Waals surface area contributed by atoms with Gasteiger partial charge >= 0.3 is 6.09 Å². The molecule has 27 heavy (non-hydrogen) atoms. The predicted octanol–water partition coefficient (Wildman–Crippen LogP) is 1.74. The average Bonchev–Trinajstić information content (AvgIpc) is 2.68. The molecule has 1 aliphatic rings. The van der Waals surface area contributed by atoms with E-state index in [1.165, 1.54) is 12.1 Å². The number of benzene rings is 1. The number of halogens is 1. The number of rotatable bonds is 6. The fraction of sp³-hybridized carbons (Fsp3) is 0.526. The summed E-state index contributed by atoms with van der Waals surface area (Å²) in [6, 6.07) is 5.80. The highest BCUT2D eigenvalue weighted by molar-refractivity contribution is 5.88. The maximum atomic E-state index is 13.1. The van der Waals surface area contributed by atoms with Crippen LogP contribution in [0.2, 0.25) is 0 Å². The van der Waals surface area contributed by atoms with E-state index in [1.807, 2.05) is 6.92 Å². The van der Waals surface area contributed by atoms with E-state index in [-0.39, 0.29) is 30.3 Å². The normalized spacial score (nSPS) is 15.2. The summed E-state index contributed by atoms with van der Waals surface area (Å²) in [4.78, 5) is 39.6. The third kappa shape index (κ3) is 5.67. The lowest BCUT2D eigenvalue weighted by atomic mass is 9.95. The summed E-state index contributed by atoms with van der Waals surface area (Å²) in [5, 5.41) is 2.67. The van der Waals surface area contributed by atoms with Crippen molar-refractivity contribution < 1.29 is 23.5 Å². The van der Waals surface area contributed by atoms with Crippen molar-refractivity contribution in [1.29, 1.82) is 0 Å². The highest BCUT2D eigenvalue weighted by atomic mass is 19.1. The van der Waals surface area contributed by atoms with Gasteiger partial charge in [0.15, 0.2) is 0 Å². The van der Waals surface area contributed by atoms with Gasteiger partial charge in [-0.1, -0.05) is 19.1 Å². The molecule has 148 valence electrons. The van der Waals surface area contributed by atoms with E-state index in [9.17, 15) is 18.8 Å². The summed E-state index contributed by atoms with van der Waals surface area (Å²) in [6.45, 7) is 5.45. The molecule has 1 aromatic carbocycles. The van der Waals surface area contributed by atoms with E-state index in [0.29, 0.717) is 44.8 Å². The van der Waals surface area contributed by atoms with Gasteiger partial charge in [0, 0.05) is 26.2 Å². The second kappa shape index (κ2) is 9.89. The van der Waals surface area contributed by atoms with Gasteiger partial charge in [-0.15, -0.1) is 0 Å². The van der Waals surface area contributed by atoms with Crippen molar-refractivity contribution in [2.45, 2.75) is 26.2 Å². The lowest BCUT2D eigenvalue weighted by Crippen LogP contribution is -2.52. The van der Waals surface area contributed by atoms with Crippen LogP contribution in [0.15, 0.2) is 24.3 Å². The summed E-state index contributed by atoms with van der Waals surface area (Å²) < 4.78 is 18.0. The molecule has 1 N–H and O–H groups in total. The van der Waals surface area contributed by atoms with E-state index >= 15 is 0 Å². The van der Waals surface area contributed by atoms with E-state index in [2.05, 4.69) is 5.32 Å². The van der Waals surface area contributed by atoms with Crippen LogP contribution >= 0.6 is 0 Å². The molecular weight excluding hydrogens is 353 g/mol. The molecule has 0 aliphatic carbocycles. The third-order valence-electron chi connectivity index (χ3n) is 4.57. The Kier molecular flexibility index (Phi) is 7.57. The summed E-state index contributed by atoms with van der Waals surface area (Å²) in [5.41, 5.74) is 0.715. The first-order valence-electron chi connectivity index (χ1n) is 9.18. The van der Waals surface area contributed by atoms with Crippen LogP contribution in [0, 0.1) is 5.82 Å². The monoisotopic (exact) mass is 379 g/mol. The Balaban J connectivity index is 1.81. The Labute approximate surface area is 158 Å². The molecule has 7 nitrogen and oxygen atoms in total. The second-order valence-electron chi connectivity index (χ2n) is 6.30. The molecule has 0 aromatic heterocycles. The van der Waals surface area contributed by atoms with Crippen LogP contribution in [0.4, 0.5) is 9.18 Å². The molecule has 2 rings (SSSR count). The number of nitrogens with one attached hydrogen (secondary N) is 1. The fourth-order valence-corrected chi connectivity index (χ4v) is 3.02. The molecule has 0 radical (unpaired) electrons. The molecule has 0 bridgehead atoms. The molecule has 1 fully saturated rings. The van der Waals surface area contributed by atoms with Crippen molar-refractivity contribution in [3.63, 3.8) is 0 Å². The van der Waals surface area contributed by atoms with Gasteiger partial charge < -0.3 is 19.9 Å². The molecule has 1 unspecified atom stereocenters. The second-order valence-corrected chi connectivity index (χ2v) is 6.30. The maximum Gasteiger partial charge on any atom is 0.409 e. The van der Waals surface area contributed by atoms with E-state index in [1.54, 1.807) is 28.9 Å². The molecule has 8 heteroatoms. The molecule has 1 heterocycles. The number of piperazine rings is 1. The number of nitrogens with zero attached hydrogens (tertiary/aromatic N) is 2. The topological polar surface area (TPSA) is 79.0 Å². The molecule has 0 spiro atoms. The number of hydrogen-bond donors (Lipinski definition) is 1. The smallest absolute Gasteiger partial charge is 0.409 e. The number of hydrogen-bond acceptors (Lipinski definition) is 4. The van der Waals surface area contributed by atoms with Crippen LogP contribution in [0.5, 0.6) is 0 Å². The summed E-state index contributed by atoms with van der Waals surface area (Å²) >= 11 is 0. The summed E-state index contributed by atoms with van der Waals surface area (Å²) in [6.07, 6.45) is 0.173. The van der Waals surface area contributed by atoms with Crippen molar-refractivity contribution in [1.82, 2.24) is 15.1 Å². The third-order valence-corrected chi connectivity index (χ3v) is 4.57. The summed E-state index contributed by atoms with van der Waals surface area (Å²) in [5.74, 6) is -1.24. The first-order valence-corrected chi connectivity index (χ1v) is 9.18. The van der Waals surface area contributed by atoms with Crippen molar-refractivity contribution in [3.05, 3.63) is 35.6 Å². The Hall–Kier alpha value is -2.64. The first kappa shape index (κ1) is 20.7. The standard InChI is InChI=1S/C19H26FN3O4/c1-3-16(14-5-7-15(20)8-6-14)18(25)21-13-17(24)22-9-11-23(12-10-22)19(26)27-4-2/h5-8,16H,3-4,9-13H2,1-2H3,(H,21,25). The Morgan fingerprint density at radius 1 is 1.07 bits per heavy atom. The highest BCUT2D eigenvalue weighted by Gasteiger charge is 2.26. The minimum absolute atomic E-state index is 0.101. The molecule has 1 atom stereocenters. The highest BCUT2D eigenvalue weighted by Crippen LogP contribution is 2.20. The van der Waals surface area contributed by atoms with Crippen molar-refractivity contribution in [2.24, 2.45) is 0 Å². The molecule has 1 aromatic rings. The number of amides is 3. The first-order chi connectivity index (χ1) is 13.0. The molecule has 0 saturated carbocycles. The van der Waals surface area contributed by atoms with Gasteiger partial charge in [-0.2, -0.15) is 0 Å². The average molecular weight is 379 g/mol. The quantitative estimate of drug-likeness (QED) is 0.817. The lowest BCUT2D eigenvalue weighted by molar-refractivity contribution is -0.134.